The topological polar surface area (TPSA) is 50.9 Å². The van der Waals surface area contributed by atoms with E-state index in [-0.39, 0.29) is 23.1 Å². The van der Waals surface area contributed by atoms with Crippen LogP contribution in [-0.2, 0) is 0 Å². The lowest BCUT2D eigenvalue weighted by Crippen LogP contribution is -2.03. The van der Waals surface area contributed by atoms with Crippen LogP contribution in [0.2, 0.25) is 0 Å². The normalized spacial score (nSPS) is 12.5. The highest BCUT2D eigenvalue weighted by Gasteiger charge is 2.25. The Hall–Kier alpha value is -7.04. The molecule has 0 unspecified atom stereocenters. The van der Waals surface area contributed by atoms with Crippen molar-refractivity contribution in [2.45, 2.75) is 46.4 Å². The molecule has 7 aromatic carbocycles. The van der Waals surface area contributed by atoms with E-state index in [4.69, 9.17) is 14.1 Å². The minimum atomic E-state index is -2.32. The summed E-state index contributed by atoms with van der Waals surface area (Å²) in [6.07, 6.45) is 1.87. The summed E-state index contributed by atoms with van der Waals surface area (Å²) in [6, 6.07) is 57.0. The molecule has 0 aliphatic rings. The molecule has 4 heteroatoms. The number of pyridine rings is 1. The van der Waals surface area contributed by atoms with Gasteiger partial charge < -0.3 is 5.11 Å². The summed E-state index contributed by atoms with van der Waals surface area (Å²) in [4.78, 5) is 10.4. The molecule has 0 saturated heterocycles. The molecule has 288 valence electrons. The molecule has 0 radical (unpaired) electrons. The third-order valence-corrected chi connectivity index (χ3v) is 11.2. The molecule has 0 fully saturated rings. The molecule has 9 rings (SSSR count). The summed E-state index contributed by atoms with van der Waals surface area (Å²) >= 11 is 0. The molecule has 4 nitrogen and oxygen atoms in total. The number of benzene rings is 7. The van der Waals surface area contributed by atoms with Crippen molar-refractivity contribution < 1.29 is 9.22 Å². The van der Waals surface area contributed by atoms with Gasteiger partial charge in [-0.1, -0.05) is 149 Å². The van der Waals surface area contributed by atoms with Crippen LogP contribution in [0.1, 0.15) is 60.3 Å². The number of aromatic hydroxyl groups is 1. The molecule has 0 atom stereocenters. The van der Waals surface area contributed by atoms with Crippen LogP contribution < -0.4 is 0 Å². The predicted molar refractivity (Wildman–Crippen MR) is 246 cm³/mol. The second-order valence-corrected chi connectivity index (χ2v) is 15.8. The van der Waals surface area contributed by atoms with Crippen LogP contribution in [0.4, 0.5) is 0 Å². The summed E-state index contributed by atoms with van der Waals surface area (Å²) in [6.45, 7) is 6.18. The van der Waals surface area contributed by atoms with Crippen LogP contribution in [0.3, 0.4) is 0 Å². The Bertz CT molecular complexity index is 3060. The Labute approximate surface area is 351 Å². The fraction of sp³-hybridized carbons (Fsp3) is 0.127. The summed E-state index contributed by atoms with van der Waals surface area (Å²) in [5, 5.41) is 12.2. The van der Waals surface area contributed by atoms with Gasteiger partial charge in [-0.25, -0.2) is 4.98 Å². The fourth-order valence-electron chi connectivity index (χ4n) is 8.09. The molecule has 0 aliphatic carbocycles. The van der Waals surface area contributed by atoms with Gasteiger partial charge in [0.05, 0.1) is 28.0 Å². The largest absolute Gasteiger partial charge is 0.507 e. The van der Waals surface area contributed by atoms with E-state index in [1.807, 2.05) is 79.0 Å². The minimum absolute atomic E-state index is 0.0486. The van der Waals surface area contributed by atoms with Gasteiger partial charge in [0.2, 0.25) is 0 Å². The molecule has 0 bridgehead atoms. The number of nitrogens with zero attached hydrogens (tertiary/aromatic N) is 3. The minimum Gasteiger partial charge on any atom is -0.507 e. The number of phenolic OH excluding ortho intramolecular Hbond substituents is 1. The van der Waals surface area contributed by atoms with Gasteiger partial charge in [0.25, 0.3) is 0 Å². The number of aromatic nitrogens is 3. The monoisotopic (exact) mass is 768 g/mol. The number of para-hydroxylation sites is 1. The van der Waals surface area contributed by atoms with Gasteiger partial charge in [-0.2, -0.15) is 0 Å². The molecule has 2 aromatic heterocycles. The van der Waals surface area contributed by atoms with Crippen molar-refractivity contribution >= 4 is 11.0 Å². The first-order chi connectivity index (χ1) is 29.9. The first-order valence-electron chi connectivity index (χ1n) is 21.8. The van der Waals surface area contributed by atoms with E-state index >= 15 is 0 Å². The lowest BCUT2D eigenvalue weighted by atomic mass is 9.91. The second-order valence-electron chi connectivity index (χ2n) is 15.8. The van der Waals surface area contributed by atoms with Crippen LogP contribution in [-0.4, -0.2) is 19.6 Å². The molecule has 59 heavy (non-hydrogen) atoms. The van der Waals surface area contributed by atoms with E-state index in [9.17, 15) is 5.11 Å². The Kier molecular flexibility index (Phi) is 9.07. The van der Waals surface area contributed by atoms with Gasteiger partial charge in [-0.05, 0) is 118 Å². The molecule has 1 N–H and O–H groups in total. The van der Waals surface area contributed by atoms with E-state index in [0.717, 1.165) is 83.6 Å². The number of phenols is 1. The number of fused-ring (bicyclic) bond motifs is 1. The Morgan fingerprint density at radius 1 is 0.525 bits per heavy atom. The fourth-order valence-corrected chi connectivity index (χ4v) is 8.09. The Balaban J connectivity index is 1.35. The zero-order valence-corrected chi connectivity index (χ0v) is 33.7. The van der Waals surface area contributed by atoms with Gasteiger partial charge in [0.1, 0.15) is 11.6 Å². The highest BCUT2D eigenvalue weighted by Crippen LogP contribution is 2.44. The Morgan fingerprint density at radius 2 is 1.19 bits per heavy atom. The predicted octanol–water partition coefficient (Wildman–Crippen LogP) is 14.7. The standard InChI is InChI=1S/C55H47N3O/c1-35(2)42-32-47(36(3)4)54(59)49(33-42)55-57-53-46(22-15-23-52(53)58(55)51-25-24-37(5)28-48(51)40-20-13-8-14-21-40)44-29-43(39-18-11-7-12-19-39)30-45(31-44)50-34-41(26-27-56-50)38-16-9-6-10-17-38/h6-36,59H,1-5H3/i5D3. The molecular weight excluding hydrogens is 719 g/mol. The SMILES string of the molecule is [2H]C([2H])([2H])c1ccc(-n2c(-c3cc(C(C)C)cc(C(C)C)c3O)nc3c(-c4cc(-c5ccccc5)cc(-c5cc(-c6ccccc6)ccn5)c4)cccc32)c(-c2ccccc2)c1. The first kappa shape index (κ1) is 34.0. The number of imidazole rings is 1. The third kappa shape index (κ3) is 7.23. The molecule has 0 spiro atoms. The van der Waals surface area contributed by atoms with Crippen LogP contribution in [0.5, 0.6) is 5.75 Å². The average molecular weight is 769 g/mol. The van der Waals surface area contributed by atoms with E-state index in [1.54, 1.807) is 12.1 Å². The second kappa shape index (κ2) is 15.7. The summed E-state index contributed by atoms with van der Waals surface area (Å²) in [5.74, 6) is 0.977. The van der Waals surface area contributed by atoms with Crippen LogP contribution in [0.25, 0.3) is 83.9 Å². The van der Waals surface area contributed by atoms with E-state index in [0.29, 0.717) is 11.4 Å². The summed E-state index contributed by atoms with van der Waals surface area (Å²) in [7, 11) is 0. The number of rotatable bonds is 9. The van der Waals surface area contributed by atoms with E-state index in [1.165, 1.54) is 0 Å². The highest BCUT2D eigenvalue weighted by molar-refractivity contribution is 5.98. The molecule has 0 aliphatic heterocycles. The highest BCUT2D eigenvalue weighted by atomic mass is 16.3. The van der Waals surface area contributed by atoms with Crippen molar-refractivity contribution in [3.05, 3.63) is 193 Å². The maximum Gasteiger partial charge on any atom is 0.149 e. The van der Waals surface area contributed by atoms with Gasteiger partial charge in [-0.3, -0.25) is 9.55 Å². The molecule has 9 aromatic rings. The van der Waals surface area contributed by atoms with Crippen molar-refractivity contribution in [3.8, 4) is 78.6 Å². The van der Waals surface area contributed by atoms with Gasteiger partial charge in [0.15, 0.2) is 0 Å². The quantitative estimate of drug-likeness (QED) is 0.159. The number of hydrogen-bond acceptors (Lipinski definition) is 3. The average Bonchev–Trinajstić information content (AvgIpc) is 3.68. The smallest absolute Gasteiger partial charge is 0.149 e. The number of aryl methyl sites for hydroxylation is 1. The molecule has 2 heterocycles. The van der Waals surface area contributed by atoms with Crippen molar-refractivity contribution in [2.75, 3.05) is 0 Å². The summed E-state index contributed by atoms with van der Waals surface area (Å²) in [5.41, 5.74) is 14.7. The van der Waals surface area contributed by atoms with Crippen LogP contribution in [0.15, 0.2) is 176 Å². The molecule has 0 saturated carbocycles. The third-order valence-electron chi connectivity index (χ3n) is 11.2. The van der Waals surface area contributed by atoms with Crippen molar-refractivity contribution in [3.63, 3.8) is 0 Å². The van der Waals surface area contributed by atoms with Crippen LogP contribution >= 0.6 is 0 Å². The maximum atomic E-state index is 12.2. The van der Waals surface area contributed by atoms with Gasteiger partial charge in [-0.15, -0.1) is 0 Å². The summed E-state index contributed by atoms with van der Waals surface area (Å²) < 4.78 is 27.2. The maximum absolute atomic E-state index is 12.2. The van der Waals surface area contributed by atoms with Crippen molar-refractivity contribution in [1.29, 1.82) is 0 Å². The molecule has 0 amide bonds. The Morgan fingerprint density at radius 3 is 1.86 bits per heavy atom. The first-order valence-corrected chi connectivity index (χ1v) is 20.3. The van der Waals surface area contributed by atoms with E-state index < -0.39 is 6.85 Å². The lowest BCUT2D eigenvalue weighted by Gasteiger charge is -2.19. The molecular formula is C55H47N3O. The number of hydrogen-bond donors (Lipinski definition) is 1. The zero-order valence-electron chi connectivity index (χ0n) is 36.7. The van der Waals surface area contributed by atoms with Crippen LogP contribution in [0, 0.1) is 6.85 Å². The van der Waals surface area contributed by atoms with Gasteiger partial charge in [0, 0.05) is 27.0 Å². The van der Waals surface area contributed by atoms with E-state index in [2.05, 4.69) is 117 Å². The lowest BCUT2D eigenvalue weighted by molar-refractivity contribution is 0.466. The van der Waals surface area contributed by atoms with Crippen molar-refractivity contribution in [1.82, 2.24) is 14.5 Å². The van der Waals surface area contributed by atoms with Crippen molar-refractivity contribution in [2.24, 2.45) is 0 Å². The van der Waals surface area contributed by atoms with Gasteiger partial charge >= 0.3 is 0 Å². The zero-order chi connectivity index (χ0) is 43.1.